The molecule has 0 spiro atoms. The number of amides is 1. The molecule has 10 nitrogen and oxygen atoms in total. The highest BCUT2D eigenvalue weighted by molar-refractivity contribution is 6.76. The fourth-order valence-electron chi connectivity index (χ4n) is 5.04. The molecule has 1 aromatic carbocycles. The minimum Gasteiger partial charge on any atom is -0.488 e. The van der Waals surface area contributed by atoms with Crippen LogP contribution in [0.25, 0.3) is 22.3 Å². The predicted molar refractivity (Wildman–Crippen MR) is 168 cm³/mol. The van der Waals surface area contributed by atoms with Crippen LogP contribution in [0.5, 0.6) is 5.75 Å². The van der Waals surface area contributed by atoms with E-state index in [4.69, 9.17) is 24.3 Å². The number of nitrogens with zero attached hydrogens (tertiary/aromatic N) is 6. The molecule has 228 valence electrons. The fourth-order valence-corrected chi connectivity index (χ4v) is 5.79. The molecule has 5 rings (SSSR count). The molecule has 1 saturated heterocycles. The molecular weight excluding hydrogens is 548 g/mol. The first-order valence-electron chi connectivity index (χ1n) is 15.0. The highest BCUT2D eigenvalue weighted by atomic mass is 28.3. The number of aromatic nitrogens is 4. The first kappa shape index (κ1) is 30.3. The monoisotopic (exact) mass is 594 g/mol. The minimum absolute atomic E-state index is 0.0263. The summed E-state index contributed by atoms with van der Waals surface area (Å²) in [6, 6.07) is 9.16. The third-order valence-electron chi connectivity index (χ3n) is 7.71. The van der Waals surface area contributed by atoms with Crippen LogP contribution in [0.1, 0.15) is 47.5 Å². The molecule has 1 atom stereocenters. The van der Waals surface area contributed by atoms with Gasteiger partial charge in [0.2, 0.25) is 0 Å². The lowest BCUT2D eigenvalue weighted by Gasteiger charge is -2.40. The number of benzene rings is 1. The van der Waals surface area contributed by atoms with Gasteiger partial charge in [-0.25, -0.2) is 19.4 Å². The van der Waals surface area contributed by atoms with Crippen molar-refractivity contribution >= 4 is 30.9 Å². The van der Waals surface area contributed by atoms with Crippen molar-refractivity contribution in [2.75, 3.05) is 31.1 Å². The highest BCUT2D eigenvalue weighted by Crippen LogP contribution is 2.41. The molecule has 1 amide bonds. The van der Waals surface area contributed by atoms with E-state index in [1.54, 1.807) is 11.2 Å². The summed E-state index contributed by atoms with van der Waals surface area (Å²) in [6.07, 6.45) is 3.46. The van der Waals surface area contributed by atoms with Gasteiger partial charge in [-0.1, -0.05) is 19.6 Å². The van der Waals surface area contributed by atoms with E-state index in [2.05, 4.69) is 42.5 Å². The van der Waals surface area contributed by atoms with Gasteiger partial charge < -0.3 is 24.0 Å². The minimum atomic E-state index is -1.22. The van der Waals surface area contributed by atoms with Gasteiger partial charge in [0, 0.05) is 51.8 Å². The maximum absolute atomic E-state index is 12.7. The highest BCUT2D eigenvalue weighted by Gasteiger charge is 2.40. The average molecular weight is 595 g/mol. The van der Waals surface area contributed by atoms with Crippen molar-refractivity contribution in [1.29, 1.82) is 0 Å². The van der Waals surface area contributed by atoms with Gasteiger partial charge in [-0.05, 0) is 71.7 Å². The van der Waals surface area contributed by atoms with Crippen LogP contribution in [0, 0.1) is 0 Å². The number of piperazine rings is 1. The van der Waals surface area contributed by atoms with Gasteiger partial charge in [-0.3, -0.25) is 0 Å². The topological polar surface area (TPSA) is 94.8 Å². The fraction of sp³-hybridized carbons (Fsp3) is 0.613. The quantitative estimate of drug-likeness (QED) is 0.214. The summed E-state index contributed by atoms with van der Waals surface area (Å²) in [6.45, 7) is 19.8. The molecule has 0 radical (unpaired) electrons. The zero-order valence-electron chi connectivity index (χ0n) is 26.4. The number of fused-ring (bicyclic) bond motifs is 1. The van der Waals surface area contributed by atoms with E-state index in [0.29, 0.717) is 33.0 Å². The second-order valence-corrected chi connectivity index (χ2v) is 19.8. The van der Waals surface area contributed by atoms with E-state index < -0.39 is 13.7 Å². The first-order valence-corrected chi connectivity index (χ1v) is 18.7. The van der Waals surface area contributed by atoms with E-state index in [-0.39, 0.29) is 17.7 Å². The Bertz CT molecular complexity index is 1430. The summed E-state index contributed by atoms with van der Waals surface area (Å²) in [5, 5.41) is 5.88. The number of hydrogen-bond acceptors (Lipinski definition) is 8. The molecule has 2 fully saturated rings. The van der Waals surface area contributed by atoms with Crippen LogP contribution in [-0.2, 0) is 16.2 Å². The van der Waals surface area contributed by atoms with Crippen molar-refractivity contribution < 1.29 is 19.0 Å². The maximum Gasteiger partial charge on any atom is 0.410 e. The lowest BCUT2D eigenvalue weighted by molar-refractivity contribution is 0.0158. The van der Waals surface area contributed by atoms with E-state index in [1.165, 1.54) is 0 Å². The maximum atomic E-state index is 12.7. The van der Waals surface area contributed by atoms with Crippen LogP contribution in [0.4, 0.5) is 10.6 Å². The van der Waals surface area contributed by atoms with Gasteiger partial charge in [-0.15, -0.1) is 0 Å². The van der Waals surface area contributed by atoms with Crippen LogP contribution in [0.2, 0.25) is 25.7 Å². The Morgan fingerprint density at radius 3 is 2.55 bits per heavy atom. The van der Waals surface area contributed by atoms with Crippen LogP contribution >= 0.6 is 0 Å². The van der Waals surface area contributed by atoms with Crippen molar-refractivity contribution in [3.05, 3.63) is 30.6 Å². The third kappa shape index (κ3) is 7.41. The van der Waals surface area contributed by atoms with Crippen LogP contribution < -0.4 is 9.64 Å². The molecule has 0 unspecified atom stereocenters. The van der Waals surface area contributed by atoms with Gasteiger partial charge in [0.15, 0.2) is 0 Å². The van der Waals surface area contributed by atoms with Crippen LogP contribution in [0.3, 0.4) is 0 Å². The molecule has 11 heteroatoms. The summed E-state index contributed by atoms with van der Waals surface area (Å²) in [7, 11) is -1.22. The molecule has 1 saturated carbocycles. The Labute approximate surface area is 250 Å². The number of ether oxygens (including phenoxy) is 3. The molecule has 0 bridgehead atoms. The smallest absolute Gasteiger partial charge is 0.410 e. The van der Waals surface area contributed by atoms with Crippen molar-refractivity contribution in [1.82, 2.24) is 24.6 Å². The van der Waals surface area contributed by atoms with Gasteiger partial charge >= 0.3 is 6.09 Å². The molecule has 2 aliphatic rings. The summed E-state index contributed by atoms with van der Waals surface area (Å²) < 4.78 is 20.0. The average Bonchev–Trinajstić information content (AvgIpc) is 3.50. The second kappa shape index (κ2) is 11.5. The molecular formula is C31H46N6O4Si. The van der Waals surface area contributed by atoms with Gasteiger partial charge in [0.25, 0.3) is 0 Å². The largest absolute Gasteiger partial charge is 0.488 e. The van der Waals surface area contributed by atoms with Crippen molar-refractivity contribution in [2.45, 2.75) is 97.1 Å². The van der Waals surface area contributed by atoms with Crippen molar-refractivity contribution in [3.8, 4) is 17.1 Å². The normalized spacial score (nSPS) is 18.8. The summed E-state index contributed by atoms with van der Waals surface area (Å²) >= 11 is 0. The van der Waals surface area contributed by atoms with Gasteiger partial charge in [0.1, 0.15) is 35.8 Å². The lowest BCUT2D eigenvalue weighted by atomic mass is 10.1. The number of carbonyl (C=O) groups excluding carboxylic acids is 1. The Balaban J connectivity index is 1.41. The van der Waals surface area contributed by atoms with Crippen LogP contribution in [0.15, 0.2) is 30.6 Å². The summed E-state index contributed by atoms with van der Waals surface area (Å²) in [5.41, 5.74) is 1.92. The third-order valence-corrected chi connectivity index (χ3v) is 9.42. The number of rotatable bonds is 9. The zero-order chi connectivity index (χ0) is 30.3. The van der Waals surface area contributed by atoms with Gasteiger partial charge in [0.05, 0.1) is 16.9 Å². The Kier molecular flexibility index (Phi) is 8.28. The van der Waals surface area contributed by atoms with E-state index in [0.717, 1.165) is 52.7 Å². The molecule has 3 aromatic rings. The lowest BCUT2D eigenvalue weighted by Crippen LogP contribution is -2.55. The SMILES string of the molecule is C[C@H]1CN(c2cc(-c3c4cc(OC5(C)CC5)ccc4nn3COCC[Si](C)(C)C)ncn2)CCN1C(=O)OC(C)(C)C. The van der Waals surface area contributed by atoms with Crippen molar-refractivity contribution in [3.63, 3.8) is 0 Å². The van der Waals surface area contributed by atoms with Gasteiger partial charge in [-0.2, -0.15) is 5.10 Å². The first-order chi connectivity index (χ1) is 19.7. The Hall–Kier alpha value is -3.18. The predicted octanol–water partition coefficient (Wildman–Crippen LogP) is 6.18. The van der Waals surface area contributed by atoms with E-state index in [1.807, 2.05) is 50.6 Å². The zero-order valence-corrected chi connectivity index (χ0v) is 27.4. The molecule has 2 aromatic heterocycles. The molecule has 3 heterocycles. The van der Waals surface area contributed by atoms with E-state index >= 15 is 0 Å². The Morgan fingerprint density at radius 1 is 1.12 bits per heavy atom. The van der Waals surface area contributed by atoms with Crippen molar-refractivity contribution in [2.24, 2.45) is 0 Å². The molecule has 0 N–H and O–H groups in total. The number of carbonyl (C=O) groups is 1. The Morgan fingerprint density at radius 2 is 1.88 bits per heavy atom. The standard InChI is InChI=1S/C31H46N6O4Si/c1-22-19-35(13-14-36(22)29(38)41-30(2,3)4)27-18-26(32-20-33-27)28-24-17-23(40-31(5)11-12-31)9-10-25(24)34-37(28)21-39-15-16-42(6,7)8/h9-10,17-18,20,22H,11-16,19,21H2,1-8H3/t22-/m0/s1. The molecule has 1 aliphatic heterocycles. The molecule has 1 aliphatic carbocycles. The second-order valence-electron chi connectivity index (χ2n) is 14.2. The number of anilines is 1. The van der Waals surface area contributed by atoms with Crippen LogP contribution in [-0.4, -0.2) is 82.3 Å². The summed E-state index contributed by atoms with van der Waals surface area (Å²) in [4.78, 5) is 26.1. The molecule has 42 heavy (non-hydrogen) atoms. The number of hydrogen-bond donors (Lipinski definition) is 0. The summed E-state index contributed by atoms with van der Waals surface area (Å²) in [5.74, 6) is 1.65. The van der Waals surface area contributed by atoms with E-state index in [9.17, 15) is 4.79 Å².